The average molecular weight is 453 g/mol. The first-order valence-corrected chi connectivity index (χ1v) is 12.5. The molecule has 0 amide bonds. The predicted molar refractivity (Wildman–Crippen MR) is 139 cm³/mol. The summed E-state index contributed by atoms with van der Waals surface area (Å²) in [5.41, 5.74) is 2.77. The van der Waals surface area contributed by atoms with Crippen molar-refractivity contribution >= 4 is 34.7 Å². The van der Waals surface area contributed by atoms with Gasteiger partial charge in [0.2, 0.25) is 0 Å². The topological polar surface area (TPSA) is 54.3 Å². The lowest BCUT2D eigenvalue weighted by Gasteiger charge is -2.39. The molecular weight excluding hydrogens is 412 g/mol. The van der Waals surface area contributed by atoms with Gasteiger partial charge in [0.25, 0.3) is 0 Å². The van der Waals surface area contributed by atoms with E-state index in [1.54, 1.807) is 0 Å². The second-order valence-electron chi connectivity index (χ2n) is 9.41. The molecule has 8 nitrogen and oxygen atoms in total. The minimum absolute atomic E-state index is 0.908. The van der Waals surface area contributed by atoms with Crippen molar-refractivity contribution in [3.63, 3.8) is 0 Å². The van der Waals surface area contributed by atoms with Gasteiger partial charge >= 0.3 is 0 Å². The quantitative estimate of drug-likeness (QED) is 0.451. The zero-order valence-electron chi connectivity index (χ0n) is 20.9. The number of anilines is 2. The van der Waals surface area contributed by atoms with Gasteiger partial charge in [-0.2, -0.15) is 0 Å². The lowest BCUT2D eigenvalue weighted by Crippen LogP contribution is -2.49. The maximum atomic E-state index is 5.19. The Labute approximate surface area is 198 Å². The fraction of sp³-hybridized carbons (Fsp3) is 0.640. The summed E-state index contributed by atoms with van der Waals surface area (Å²) in [6.07, 6.45) is 4.24. The normalized spacial score (nSPS) is 18.5. The molecule has 0 aliphatic carbocycles. The van der Waals surface area contributed by atoms with Gasteiger partial charge in [-0.25, -0.2) is 15.0 Å². The number of fused-ring (bicyclic) bond motifs is 1. The van der Waals surface area contributed by atoms with Crippen LogP contribution in [0.1, 0.15) is 26.7 Å². The number of benzene rings is 1. The fourth-order valence-corrected chi connectivity index (χ4v) is 4.71. The van der Waals surface area contributed by atoms with Crippen LogP contribution in [0.3, 0.4) is 0 Å². The van der Waals surface area contributed by atoms with E-state index in [0.29, 0.717) is 0 Å². The molecule has 0 radical (unpaired) electrons. The highest BCUT2D eigenvalue weighted by Crippen LogP contribution is 2.31. The average Bonchev–Trinajstić information content (AvgIpc) is 2.83. The first-order chi connectivity index (χ1) is 16.1. The highest BCUT2D eigenvalue weighted by atomic mass is 15.3. The van der Waals surface area contributed by atoms with Crippen molar-refractivity contribution < 1.29 is 0 Å². The van der Waals surface area contributed by atoms with Crippen molar-refractivity contribution in [2.24, 2.45) is 4.99 Å². The summed E-state index contributed by atoms with van der Waals surface area (Å²) in [4.78, 5) is 26.9. The summed E-state index contributed by atoms with van der Waals surface area (Å²) >= 11 is 0. The van der Waals surface area contributed by atoms with Crippen LogP contribution in [-0.4, -0.2) is 111 Å². The molecule has 33 heavy (non-hydrogen) atoms. The molecule has 0 atom stereocenters. The van der Waals surface area contributed by atoms with E-state index in [1.807, 2.05) is 31.4 Å². The van der Waals surface area contributed by atoms with E-state index in [4.69, 9.17) is 9.97 Å². The van der Waals surface area contributed by atoms with E-state index in [0.717, 1.165) is 80.7 Å². The summed E-state index contributed by atoms with van der Waals surface area (Å²) < 4.78 is 0. The molecule has 2 fully saturated rings. The molecule has 4 rings (SSSR count). The molecule has 1 aromatic carbocycles. The van der Waals surface area contributed by atoms with Gasteiger partial charge in [0.05, 0.1) is 23.1 Å². The number of hydrogen-bond donors (Lipinski definition) is 0. The number of aliphatic imine (C=N–C) groups is 1. The number of aromatic nitrogens is 2. The van der Waals surface area contributed by atoms with Gasteiger partial charge in [-0.1, -0.05) is 13.8 Å². The van der Waals surface area contributed by atoms with Gasteiger partial charge in [0.1, 0.15) is 0 Å². The van der Waals surface area contributed by atoms with Crippen molar-refractivity contribution in [2.75, 3.05) is 89.3 Å². The summed E-state index contributed by atoms with van der Waals surface area (Å²) in [7, 11) is 3.96. The highest BCUT2D eigenvalue weighted by molar-refractivity contribution is 5.84. The van der Waals surface area contributed by atoms with Crippen molar-refractivity contribution in [2.45, 2.75) is 26.7 Å². The van der Waals surface area contributed by atoms with Crippen LogP contribution in [0.5, 0.6) is 0 Å². The second-order valence-corrected chi connectivity index (χ2v) is 9.41. The zero-order valence-corrected chi connectivity index (χ0v) is 20.9. The van der Waals surface area contributed by atoms with Crippen LogP contribution in [-0.2, 0) is 0 Å². The highest BCUT2D eigenvalue weighted by Gasteiger charge is 2.26. The van der Waals surface area contributed by atoms with Gasteiger partial charge < -0.3 is 14.7 Å². The molecule has 2 aliphatic rings. The number of piperazine rings is 2. The third-order valence-corrected chi connectivity index (χ3v) is 6.47. The zero-order chi connectivity index (χ0) is 23.2. The largest absolute Gasteiger partial charge is 0.369 e. The Morgan fingerprint density at radius 1 is 0.788 bits per heavy atom. The first kappa shape index (κ1) is 23.7. The molecule has 0 bridgehead atoms. The Morgan fingerprint density at radius 2 is 1.30 bits per heavy atom. The smallest absolute Gasteiger partial charge is 0.172 e. The summed E-state index contributed by atoms with van der Waals surface area (Å²) in [6.45, 7) is 15.3. The van der Waals surface area contributed by atoms with Gasteiger partial charge in [0, 0.05) is 66.5 Å². The molecule has 8 heteroatoms. The Morgan fingerprint density at radius 3 is 1.79 bits per heavy atom. The molecule has 180 valence electrons. The van der Waals surface area contributed by atoms with Crippen LogP contribution in [0.2, 0.25) is 0 Å². The van der Waals surface area contributed by atoms with Crippen LogP contribution < -0.4 is 9.80 Å². The van der Waals surface area contributed by atoms with Crippen LogP contribution in [0.4, 0.5) is 17.3 Å². The molecule has 2 aliphatic heterocycles. The van der Waals surface area contributed by atoms with Crippen LogP contribution in [0.25, 0.3) is 11.0 Å². The van der Waals surface area contributed by atoms with Crippen molar-refractivity contribution in [3.8, 4) is 0 Å². The van der Waals surface area contributed by atoms with E-state index in [1.165, 1.54) is 25.9 Å². The molecule has 1 aromatic heterocycles. The molecule has 0 spiro atoms. The number of nitrogens with zero attached hydrogens (tertiary/aromatic N) is 8. The Hall–Kier alpha value is -2.45. The van der Waals surface area contributed by atoms with E-state index in [2.05, 4.69) is 50.6 Å². The molecule has 2 saturated heterocycles. The van der Waals surface area contributed by atoms with Gasteiger partial charge in [-0.05, 0) is 44.1 Å². The van der Waals surface area contributed by atoms with Crippen molar-refractivity contribution in [3.05, 3.63) is 18.2 Å². The Balaban J connectivity index is 1.64. The van der Waals surface area contributed by atoms with Crippen LogP contribution >= 0.6 is 0 Å². The van der Waals surface area contributed by atoms with Crippen molar-refractivity contribution in [1.29, 1.82) is 0 Å². The number of rotatable bonds is 8. The Kier molecular flexibility index (Phi) is 7.98. The third kappa shape index (κ3) is 5.92. The molecule has 0 saturated carbocycles. The van der Waals surface area contributed by atoms with Crippen LogP contribution in [0, 0.1) is 0 Å². The predicted octanol–water partition coefficient (Wildman–Crippen LogP) is 2.92. The first-order valence-electron chi connectivity index (χ1n) is 12.5. The Bertz CT molecular complexity index is 927. The molecule has 0 N–H and O–H groups in total. The van der Waals surface area contributed by atoms with Crippen molar-refractivity contribution in [1.82, 2.24) is 24.7 Å². The van der Waals surface area contributed by atoms with Gasteiger partial charge in [-0.3, -0.25) is 9.80 Å². The minimum Gasteiger partial charge on any atom is -0.369 e. The maximum Gasteiger partial charge on any atom is 0.172 e. The third-order valence-electron chi connectivity index (χ3n) is 6.47. The second kappa shape index (κ2) is 11.1. The minimum atomic E-state index is 0.908. The van der Waals surface area contributed by atoms with E-state index in [-0.39, 0.29) is 0 Å². The monoisotopic (exact) mass is 452 g/mol. The lowest BCUT2D eigenvalue weighted by atomic mass is 10.2. The van der Waals surface area contributed by atoms with E-state index < -0.39 is 0 Å². The molecule has 2 aromatic rings. The molecule has 3 heterocycles. The summed E-state index contributed by atoms with van der Waals surface area (Å²) in [5.74, 6) is 2.09. The maximum absolute atomic E-state index is 5.19. The van der Waals surface area contributed by atoms with E-state index in [9.17, 15) is 0 Å². The SMILES string of the molecule is CCCN1CCN(c2nc3ccc(/N=C\N(C)C)cc3nc2N2CCN(CCC)CC2)CC1. The summed E-state index contributed by atoms with van der Waals surface area (Å²) in [5, 5.41) is 0. The van der Waals surface area contributed by atoms with Gasteiger partial charge in [0.15, 0.2) is 11.6 Å². The number of hydrogen-bond acceptors (Lipinski definition) is 7. The van der Waals surface area contributed by atoms with E-state index >= 15 is 0 Å². The summed E-state index contributed by atoms with van der Waals surface area (Å²) in [6, 6.07) is 6.15. The molecule has 0 unspecified atom stereocenters. The van der Waals surface area contributed by atoms with Crippen LogP contribution in [0.15, 0.2) is 23.2 Å². The van der Waals surface area contributed by atoms with Gasteiger partial charge in [-0.15, -0.1) is 0 Å². The molecular formula is C25H40N8. The lowest BCUT2D eigenvalue weighted by molar-refractivity contribution is 0.255. The fourth-order valence-electron chi connectivity index (χ4n) is 4.71. The standard InChI is InChI=1S/C25H40N8/c1-5-9-30-11-15-32(16-12-30)24-25(33-17-13-31(10-6-2)14-18-33)28-23-19-21(26-20-29(3)4)7-8-22(23)27-24/h7-8,19-20H,5-6,9-18H2,1-4H3/b26-20-.